The Morgan fingerprint density at radius 2 is 1.95 bits per heavy atom. The van der Waals surface area contributed by atoms with Crippen molar-refractivity contribution in [3.8, 4) is 0 Å². The second-order valence-electron chi connectivity index (χ2n) is 5.09. The molecule has 0 heterocycles. The first-order valence-corrected chi connectivity index (χ1v) is 8.23. The lowest BCUT2D eigenvalue weighted by Gasteiger charge is -2.28. The average molecular weight is 365 g/mol. The van der Waals surface area contributed by atoms with Crippen molar-refractivity contribution in [3.63, 3.8) is 0 Å². The Kier molecular flexibility index (Phi) is 5.15. The summed E-state index contributed by atoms with van der Waals surface area (Å²) in [6.07, 6.45) is 4.79. The Morgan fingerprint density at radius 1 is 1.26 bits per heavy atom. The molecular formula is C14H16BrCl2NO. The van der Waals surface area contributed by atoms with Gasteiger partial charge in [0.05, 0.1) is 16.5 Å². The fraction of sp³-hybridized carbons (Fsp3) is 0.500. The highest BCUT2D eigenvalue weighted by Gasteiger charge is 2.33. The molecule has 1 saturated carbocycles. The van der Waals surface area contributed by atoms with Gasteiger partial charge in [0.15, 0.2) is 0 Å². The van der Waals surface area contributed by atoms with Gasteiger partial charge in [-0.1, -0.05) is 58.0 Å². The number of nitrogens with one attached hydrogen (secondary N) is 1. The zero-order valence-electron chi connectivity index (χ0n) is 10.5. The van der Waals surface area contributed by atoms with Crippen molar-refractivity contribution in [2.45, 2.75) is 37.6 Å². The van der Waals surface area contributed by atoms with Gasteiger partial charge in [0.25, 0.3) is 0 Å². The number of hydrogen-bond acceptors (Lipinski definition) is 1. The van der Waals surface area contributed by atoms with Gasteiger partial charge in [-0.05, 0) is 30.5 Å². The molecule has 19 heavy (non-hydrogen) atoms. The van der Waals surface area contributed by atoms with Crippen LogP contribution in [0.5, 0.6) is 0 Å². The van der Waals surface area contributed by atoms with Gasteiger partial charge in [0.2, 0.25) is 5.91 Å². The van der Waals surface area contributed by atoms with Gasteiger partial charge in [0, 0.05) is 10.9 Å². The van der Waals surface area contributed by atoms with Gasteiger partial charge in [-0.2, -0.15) is 0 Å². The third-order valence-electron chi connectivity index (χ3n) is 3.57. The predicted molar refractivity (Wildman–Crippen MR) is 83.3 cm³/mol. The lowest BCUT2D eigenvalue weighted by atomic mass is 10.00. The van der Waals surface area contributed by atoms with Crippen LogP contribution in [0.25, 0.3) is 0 Å². The van der Waals surface area contributed by atoms with Crippen molar-refractivity contribution < 1.29 is 4.79 Å². The summed E-state index contributed by atoms with van der Waals surface area (Å²) in [5, 5.41) is 4.98. The zero-order chi connectivity index (χ0) is 13.9. The van der Waals surface area contributed by atoms with Crippen LogP contribution < -0.4 is 5.32 Å². The van der Waals surface area contributed by atoms with Gasteiger partial charge >= 0.3 is 0 Å². The number of alkyl halides is 1. The van der Waals surface area contributed by atoms with Gasteiger partial charge < -0.3 is 5.32 Å². The molecule has 0 aromatic heterocycles. The van der Waals surface area contributed by atoms with E-state index in [4.69, 9.17) is 23.2 Å². The highest BCUT2D eigenvalue weighted by Crippen LogP contribution is 2.31. The number of hydrogen-bond donors (Lipinski definition) is 1. The highest BCUT2D eigenvalue weighted by molar-refractivity contribution is 9.09. The molecule has 0 unspecified atom stereocenters. The normalized spacial score (nSPS) is 17.4. The Bertz CT molecular complexity index is 473. The van der Waals surface area contributed by atoms with E-state index in [1.807, 2.05) is 6.07 Å². The molecule has 0 bridgehead atoms. The second kappa shape index (κ2) is 6.47. The molecule has 5 heteroatoms. The molecule has 1 aliphatic carbocycles. The Labute approximate surface area is 132 Å². The molecule has 1 amide bonds. The maximum atomic E-state index is 12.1. The number of rotatable bonds is 4. The zero-order valence-corrected chi connectivity index (χ0v) is 13.6. The van der Waals surface area contributed by atoms with E-state index in [0.29, 0.717) is 16.5 Å². The summed E-state index contributed by atoms with van der Waals surface area (Å²) in [6, 6.07) is 5.31. The van der Waals surface area contributed by atoms with Crippen LogP contribution in [0.15, 0.2) is 18.2 Å². The fourth-order valence-electron chi connectivity index (χ4n) is 2.52. The Hall–Kier alpha value is -0.250. The SMILES string of the molecule is O=C(Cc1ccc(Cl)c(Cl)c1)NC1(CBr)CCCC1. The van der Waals surface area contributed by atoms with Crippen LogP contribution in [0.3, 0.4) is 0 Å². The highest BCUT2D eigenvalue weighted by atomic mass is 79.9. The Balaban J connectivity index is 1.99. The summed E-state index contributed by atoms with van der Waals surface area (Å²) >= 11 is 15.3. The van der Waals surface area contributed by atoms with Gasteiger partial charge in [0.1, 0.15) is 0 Å². The molecular weight excluding hydrogens is 349 g/mol. The lowest BCUT2D eigenvalue weighted by molar-refractivity contribution is -0.122. The summed E-state index contributed by atoms with van der Waals surface area (Å²) in [5.41, 5.74) is 0.822. The third-order valence-corrected chi connectivity index (χ3v) is 5.38. The number of halogens is 3. The van der Waals surface area contributed by atoms with E-state index < -0.39 is 0 Å². The molecule has 1 aliphatic rings. The second-order valence-corrected chi connectivity index (χ2v) is 6.47. The summed E-state index contributed by atoms with van der Waals surface area (Å²) in [7, 11) is 0. The lowest BCUT2D eigenvalue weighted by Crippen LogP contribution is -2.48. The summed E-state index contributed by atoms with van der Waals surface area (Å²) in [6.45, 7) is 0. The van der Waals surface area contributed by atoms with E-state index in [2.05, 4.69) is 21.2 Å². The number of carbonyl (C=O) groups is 1. The molecule has 1 fully saturated rings. The minimum atomic E-state index is -0.0622. The molecule has 0 saturated heterocycles. The molecule has 0 atom stereocenters. The molecule has 2 nitrogen and oxygen atoms in total. The molecule has 0 radical (unpaired) electrons. The molecule has 0 aliphatic heterocycles. The smallest absolute Gasteiger partial charge is 0.224 e. The number of amides is 1. The monoisotopic (exact) mass is 363 g/mol. The van der Waals surface area contributed by atoms with Crippen molar-refractivity contribution in [1.29, 1.82) is 0 Å². The van der Waals surface area contributed by atoms with E-state index in [1.165, 1.54) is 12.8 Å². The van der Waals surface area contributed by atoms with Crippen LogP contribution in [-0.2, 0) is 11.2 Å². The number of benzene rings is 1. The van der Waals surface area contributed by atoms with Crippen LogP contribution in [0.2, 0.25) is 10.0 Å². The van der Waals surface area contributed by atoms with Crippen LogP contribution in [0, 0.1) is 0 Å². The first-order valence-electron chi connectivity index (χ1n) is 6.36. The van der Waals surface area contributed by atoms with E-state index in [-0.39, 0.29) is 11.4 Å². The Morgan fingerprint density at radius 3 is 2.53 bits per heavy atom. The third kappa shape index (κ3) is 3.87. The van der Waals surface area contributed by atoms with E-state index in [1.54, 1.807) is 12.1 Å². The van der Waals surface area contributed by atoms with E-state index >= 15 is 0 Å². The first kappa shape index (κ1) is 15.1. The standard InChI is InChI=1S/C14H16BrCl2NO/c15-9-14(5-1-2-6-14)18-13(19)8-10-3-4-11(16)12(17)7-10/h3-4,7H,1-2,5-6,8-9H2,(H,18,19). The van der Waals surface area contributed by atoms with E-state index in [9.17, 15) is 4.79 Å². The topological polar surface area (TPSA) is 29.1 Å². The summed E-state index contributed by atoms with van der Waals surface area (Å²) < 4.78 is 0. The summed E-state index contributed by atoms with van der Waals surface area (Å²) in [5.74, 6) is 0.0414. The molecule has 0 spiro atoms. The molecule has 104 valence electrons. The average Bonchev–Trinajstić information content (AvgIpc) is 2.83. The van der Waals surface area contributed by atoms with Crippen molar-refractivity contribution >= 4 is 45.0 Å². The predicted octanol–water partition coefficient (Wildman–Crippen LogP) is 4.36. The number of carbonyl (C=O) groups excluding carboxylic acids is 1. The minimum Gasteiger partial charge on any atom is -0.350 e. The van der Waals surface area contributed by atoms with Gasteiger partial charge in [-0.15, -0.1) is 0 Å². The van der Waals surface area contributed by atoms with Crippen LogP contribution >= 0.6 is 39.1 Å². The molecule has 2 rings (SSSR count). The van der Waals surface area contributed by atoms with Crippen molar-refractivity contribution in [3.05, 3.63) is 33.8 Å². The van der Waals surface area contributed by atoms with Crippen LogP contribution in [0.4, 0.5) is 0 Å². The van der Waals surface area contributed by atoms with Crippen molar-refractivity contribution in [2.75, 3.05) is 5.33 Å². The quantitative estimate of drug-likeness (QED) is 0.790. The minimum absolute atomic E-state index is 0.0414. The van der Waals surface area contributed by atoms with Crippen LogP contribution in [-0.4, -0.2) is 16.8 Å². The largest absolute Gasteiger partial charge is 0.350 e. The maximum Gasteiger partial charge on any atom is 0.224 e. The van der Waals surface area contributed by atoms with Crippen molar-refractivity contribution in [1.82, 2.24) is 5.32 Å². The first-order chi connectivity index (χ1) is 9.04. The fourth-order valence-corrected chi connectivity index (χ4v) is 3.54. The van der Waals surface area contributed by atoms with Crippen LogP contribution in [0.1, 0.15) is 31.2 Å². The maximum absolute atomic E-state index is 12.1. The van der Waals surface area contributed by atoms with Gasteiger partial charge in [-0.3, -0.25) is 4.79 Å². The van der Waals surface area contributed by atoms with Gasteiger partial charge in [-0.25, -0.2) is 0 Å². The molecule has 1 N–H and O–H groups in total. The van der Waals surface area contributed by atoms with Crippen molar-refractivity contribution in [2.24, 2.45) is 0 Å². The molecule has 1 aromatic carbocycles. The van der Waals surface area contributed by atoms with E-state index in [0.717, 1.165) is 23.7 Å². The molecule has 1 aromatic rings. The summed E-state index contributed by atoms with van der Waals surface area (Å²) in [4.78, 5) is 12.1.